The van der Waals surface area contributed by atoms with Gasteiger partial charge in [0, 0.05) is 51.2 Å². The maximum Gasteiger partial charge on any atom is 0.252 e. The molecule has 0 aromatic heterocycles. The second-order valence-electron chi connectivity index (χ2n) is 18.8. The fourth-order valence-electron chi connectivity index (χ4n) is 11.8. The molecular formula is C68H46BN3. The highest BCUT2D eigenvalue weighted by Crippen LogP contribution is 2.49. The number of nitrogens with zero attached hydrogens (tertiary/aromatic N) is 3. The lowest BCUT2D eigenvalue weighted by Crippen LogP contribution is -2.61. The van der Waals surface area contributed by atoms with Gasteiger partial charge in [-0.3, -0.25) is 0 Å². The van der Waals surface area contributed by atoms with E-state index in [1.165, 1.54) is 77.2 Å². The van der Waals surface area contributed by atoms with Crippen molar-refractivity contribution < 1.29 is 0 Å². The van der Waals surface area contributed by atoms with Crippen molar-refractivity contribution in [3.8, 4) is 33.4 Å². The summed E-state index contributed by atoms with van der Waals surface area (Å²) in [5, 5.41) is 4.98. The summed E-state index contributed by atoms with van der Waals surface area (Å²) in [7, 11) is 0. The van der Waals surface area contributed by atoms with E-state index in [1.54, 1.807) is 0 Å². The molecule has 0 radical (unpaired) electrons. The molecular weight excluding hydrogens is 870 g/mol. The Morgan fingerprint density at radius 2 is 0.694 bits per heavy atom. The molecule has 336 valence electrons. The summed E-state index contributed by atoms with van der Waals surface area (Å²) in [4.78, 5) is 7.39. The normalized spacial score (nSPS) is 12.4. The third-order valence-corrected chi connectivity index (χ3v) is 14.8. The smallest absolute Gasteiger partial charge is 0.252 e. The van der Waals surface area contributed by atoms with Crippen LogP contribution in [0.4, 0.5) is 51.2 Å². The van der Waals surface area contributed by atoms with Gasteiger partial charge in [0.15, 0.2) is 0 Å². The molecule has 0 atom stereocenters. The van der Waals surface area contributed by atoms with E-state index < -0.39 is 0 Å². The Hall–Kier alpha value is -9.38. The third kappa shape index (κ3) is 6.75. The minimum absolute atomic E-state index is 0.0293. The minimum atomic E-state index is -0.0293. The van der Waals surface area contributed by atoms with Crippen LogP contribution in [-0.4, -0.2) is 6.71 Å². The van der Waals surface area contributed by atoms with Crippen molar-refractivity contribution in [2.24, 2.45) is 0 Å². The molecule has 0 saturated carbocycles. The first kappa shape index (κ1) is 41.6. The van der Waals surface area contributed by atoms with Gasteiger partial charge in [-0.2, -0.15) is 0 Å². The molecule has 3 nitrogen and oxygen atoms in total. The van der Waals surface area contributed by atoms with Crippen LogP contribution in [-0.2, 0) is 0 Å². The summed E-state index contributed by atoms with van der Waals surface area (Å²) in [5.74, 6) is 0. The van der Waals surface area contributed by atoms with Gasteiger partial charge < -0.3 is 14.7 Å². The molecule has 14 rings (SSSR count). The Balaban J connectivity index is 1.03. The maximum atomic E-state index is 2.52. The van der Waals surface area contributed by atoms with Crippen LogP contribution in [0.2, 0.25) is 0 Å². The summed E-state index contributed by atoms with van der Waals surface area (Å²) in [5.41, 5.74) is 21.3. The average molecular weight is 916 g/mol. The van der Waals surface area contributed by atoms with Gasteiger partial charge in [-0.1, -0.05) is 194 Å². The number of fused-ring (bicyclic) bond motifs is 6. The number of para-hydroxylation sites is 5. The molecule has 0 fully saturated rings. The van der Waals surface area contributed by atoms with Gasteiger partial charge in [0.05, 0.1) is 0 Å². The summed E-state index contributed by atoms with van der Waals surface area (Å²) in [6, 6.07) is 102. The maximum absolute atomic E-state index is 2.52. The van der Waals surface area contributed by atoms with Crippen LogP contribution in [0.1, 0.15) is 0 Å². The van der Waals surface area contributed by atoms with Gasteiger partial charge in [-0.25, -0.2) is 0 Å². The van der Waals surface area contributed by atoms with Crippen LogP contribution in [0.5, 0.6) is 0 Å². The molecule has 0 unspecified atom stereocenters. The molecule has 0 amide bonds. The largest absolute Gasteiger partial charge is 0.311 e. The molecule has 0 aliphatic carbocycles. The van der Waals surface area contributed by atoms with Crippen LogP contribution in [0.25, 0.3) is 54.9 Å². The molecule has 2 aliphatic heterocycles. The van der Waals surface area contributed by atoms with E-state index in [-0.39, 0.29) is 6.71 Å². The number of benzene rings is 12. The van der Waals surface area contributed by atoms with Gasteiger partial charge in [0.1, 0.15) is 0 Å². The van der Waals surface area contributed by atoms with Gasteiger partial charge in [0.2, 0.25) is 0 Å². The Morgan fingerprint density at radius 3 is 1.26 bits per heavy atom. The lowest BCUT2D eigenvalue weighted by Gasteiger charge is -2.44. The zero-order valence-corrected chi connectivity index (χ0v) is 39.5. The molecule has 12 aromatic carbocycles. The van der Waals surface area contributed by atoms with E-state index in [0.717, 1.165) is 45.3 Å². The van der Waals surface area contributed by atoms with Crippen molar-refractivity contribution >= 4 is 95.8 Å². The van der Waals surface area contributed by atoms with Crippen LogP contribution in [0.15, 0.2) is 279 Å². The predicted molar refractivity (Wildman–Crippen MR) is 306 cm³/mol. The minimum Gasteiger partial charge on any atom is -0.311 e. The zero-order chi connectivity index (χ0) is 47.5. The Labute approximate surface area is 420 Å². The van der Waals surface area contributed by atoms with Crippen LogP contribution in [0.3, 0.4) is 0 Å². The standard InChI is InChI=1S/C68H46BN3/c1-6-23-47(24-7-1)66-56-35-16-18-37-58(56)67(59-38-19-17-36-57(59)66)49-26-22-25-48(43-49)50-44-64-68-65(45-50)72(54-33-14-5-15-34-54)63-46-55(70(51-27-8-2-9-28-51)52-29-10-3-11-30-52)41-42-61(63)69(68)60-39-20-21-40-62(60)71(64)53-31-12-4-13-32-53/h1-46H. The molecule has 4 heteroatoms. The number of anilines is 9. The van der Waals surface area contributed by atoms with Crippen molar-refractivity contribution in [3.63, 3.8) is 0 Å². The molecule has 0 saturated heterocycles. The number of rotatable bonds is 8. The first-order valence-corrected chi connectivity index (χ1v) is 24.9. The first-order chi connectivity index (χ1) is 35.8. The highest BCUT2D eigenvalue weighted by molar-refractivity contribution is 7.00. The second kappa shape index (κ2) is 17.2. The van der Waals surface area contributed by atoms with Crippen molar-refractivity contribution in [2.45, 2.75) is 0 Å². The molecule has 12 aromatic rings. The van der Waals surface area contributed by atoms with E-state index >= 15 is 0 Å². The highest BCUT2D eigenvalue weighted by atomic mass is 15.2. The zero-order valence-electron chi connectivity index (χ0n) is 39.5. The summed E-state index contributed by atoms with van der Waals surface area (Å²) in [6.45, 7) is -0.0293. The second-order valence-corrected chi connectivity index (χ2v) is 18.8. The predicted octanol–water partition coefficient (Wildman–Crippen LogP) is 16.5. The lowest BCUT2D eigenvalue weighted by atomic mass is 9.33. The van der Waals surface area contributed by atoms with Gasteiger partial charge in [0.25, 0.3) is 6.71 Å². The fourth-order valence-corrected chi connectivity index (χ4v) is 11.8. The van der Waals surface area contributed by atoms with E-state index in [1.807, 2.05) is 0 Å². The van der Waals surface area contributed by atoms with Crippen molar-refractivity contribution in [2.75, 3.05) is 14.7 Å². The van der Waals surface area contributed by atoms with E-state index in [0.29, 0.717) is 0 Å². The molecule has 0 spiro atoms. The number of hydrogen-bond donors (Lipinski definition) is 0. The van der Waals surface area contributed by atoms with Crippen LogP contribution in [0, 0.1) is 0 Å². The topological polar surface area (TPSA) is 9.72 Å². The van der Waals surface area contributed by atoms with E-state index in [2.05, 4.69) is 294 Å². The lowest BCUT2D eigenvalue weighted by molar-refractivity contribution is 1.24. The fraction of sp³-hybridized carbons (Fsp3) is 0. The Morgan fingerprint density at radius 1 is 0.264 bits per heavy atom. The molecule has 0 N–H and O–H groups in total. The number of hydrogen-bond acceptors (Lipinski definition) is 3. The van der Waals surface area contributed by atoms with Gasteiger partial charge >= 0.3 is 0 Å². The van der Waals surface area contributed by atoms with E-state index in [9.17, 15) is 0 Å². The third-order valence-electron chi connectivity index (χ3n) is 14.8. The monoisotopic (exact) mass is 915 g/mol. The van der Waals surface area contributed by atoms with Gasteiger partial charge in [-0.15, -0.1) is 0 Å². The van der Waals surface area contributed by atoms with Crippen LogP contribution < -0.4 is 31.1 Å². The first-order valence-electron chi connectivity index (χ1n) is 24.9. The summed E-state index contributed by atoms with van der Waals surface area (Å²) >= 11 is 0. The Bertz CT molecular complexity index is 3900. The van der Waals surface area contributed by atoms with Crippen molar-refractivity contribution in [1.29, 1.82) is 0 Å². The Kier molecular flexibility index (Phi) is 9.96. The quantitative estimate of drug-likeness (QED) is 0.111. The summed E-state index contributed by atoms with van der Waals surface area (Å²) in [6.07, 6.45) is 0. The van der Waals surface area contributed by atoms with Crippen molar-refractivity contribution in [3.05, 3.63) is 279 Å². The highest BCUT2D eigenvalue weighted by Gasteiger charge is 2.44. The van der Waals surface area contributed by atoms with E-state index in [4.69, 9.17) is 0 Å². The van der Waals surface area contributed by atoms with Gasteiger partial charge in [-0.05, 0) is 156 Å². The molecule has 72 heavy (non-hydrogen) atoms. The molecule has 2 heterocycles. The van der Waals surface area contributed by atoms with Crippen LogP contribution >= 0.6 is 0 Å². The molecule has 2 aliphatic rings. The molecule has 0 bridgehead atoms. The average Bonchev–Trinajstić information content (AvgIpc) is 3.45. The summed E-state index contributed by atoms with van der Waals surface area (Å²) < 4.78 is 0. The SMILES string of the molecule is c1ccc(-c2c3ccccc3c(-c3cccc(-c4cc5c6c(c4)N(c4ccccc4)c4cc(N(c7ccccc7)c7ccccc7)ccc4B6c4ccccc4N5c4ccccc4)c3)c3ccccc23)cc1. The van der Waals surface area contributed by atoms with Crippen molar-refractivity contribution in [1.82, 2.24) is 0 Å².